The Hall–Kier alpha value is -2.41. The predicted molar refractivity (Wildman–Crippen MR) is 85.1 cm³/mol. The van der Waals surface area contributed by atoms with Gasteiger partial charge in [-0.05, 0) is 29.8 Å². The highest BCUT2D eigenvalue weighted by Crippen LogP contribution is 2.10. The maximum absolute atomic E-state index is 4.52. The quantitative estimate of drug-likeness (QED) is 0.750. The molecular weight excluding hydrogens is 230 g/mol. The summed E-state index contributed by atoms with van der Waals surface area (Å²) in [6.45, 7) is 13.6. The normalized spacial score (nSPS) is 11.1. The van der Waals surface area contributed by atoms with Crippen molar-refractivity contribution in [2.75, 3.05) is 0 Å². The molecule has 0 aromatic carbocycles. The van der Waals surface area contributed by atoms with Crippen LogP contribution in [0.2, 0.25) is 0 Å². The van der Waals surface area contributed by atoms with Gasteiger partial charge in [0, 0.05) is 0 Å². The minimum Gasteiger partial charge on any atom is -0.249 e. The lowest BCUT2D eigenvalue weighted by molar-refractivity contribution is 1.24. The number of hydrogen-bond acceptors (Lipinski definition) is 1. The fraction of sp³-hybridized carbons (Fsp3) is 0.0556. The number of allylic oxidation sites excluding steroid dienone is 5. The van der Waals surface area contributed by atoms with Crippen molar-refractivity contribution in [3.63, 3.8) is 0 Å². The van der Waals surface area contributed by atoms with Gasteiger partial charge in [-0.3, -0.25) is 0 Å². The van der Waals surface area contributed by atoms with E-state index < -0.39 is 0 Å². The lowest BCUT2D eigenvalue weighted by Gasteiger charge is -1.98. The molecule has 1 aromatic rings. The smallest absolute Gasteiger partial charge is 0.0709 e. The van der Waals surface area contributed by atoms with Crippen molar-refractivity contribution in [2.24, 2.45) is 0 Å². The van der Waals surface area contributed by atoms with Crippen molar-refractivity contribution in [1.82, 2.24) is 4.98 Å². The van der Waals surface area contributed by atoms with Crippen LogP contribution in [-0.2, 0) is 0 Å². The van der Waals surface area contributed by atoms with E-state index in [9.17, 15) is 0 Å². The lowest BCUT2D eigenvalue weighted by atomic mass is 10.1. The third-order valence-electron chi connectivity index (χ3n) is 2.37. The van der Waals surface area contributed by atoms with Gasteiger partial charge in [0.1, 0.15) is 0 Å². The van der Waals surface area contributed by atoms with Crippen molar-refractivity contribution < 1.29 is 0 Å². The molecule has 1 heterocycles. The average Bonchev–Trinajstić information content (AvgIpc) is 2.39. The van der Waals surface area contributed by atoms with Crippen LogP contribution in [0, 0.1) is 0 Å². The maximum Gasteiger partial charge on any atom is 0.0709 e. The first-order valence-corrected chi connectivity index (χ1v) is 6.12. The first-order chi connectivity index (χ1) is 9.17. The summed E-state index contributed by atoms with van der Waals surface area (Å²) < 4.78 is 0. The molecule has 1 aromatic heterocycles. The zero-order valence-corrected chi connectivity index (χ0v) is 11.3. The summed E-state index contributed by atoms with van der Waals surface area (Å²) >= 11 is 0. The highest BCUT2D eigenvalue weighted by molar-refractivity contribution is 5.72. The number of hydrogen-bond donors (Lipinski definition) is 0. The van der Waals surface area contributed by atoms with E-state index in [1.807, 2.05) is 61.5 Å². The van der Waals surface area contributed by atoms with E-state index in [0.717, 1.165) is 16.5 Å². The molecule has 96 valence electrons. The van der Waals surface area contributed by atoms with E-state index in [2.05, 4.69) is 24.7 Å². The van der Waals surface area contributed by atoms with Crippen molar-refractivity contribution >= 4 is 18.7 Å². The van der Waals surface area contributed by atoms with Gasteiger partial charge in [-0.2, -0.15) is 0 Å². The fourth-order valence-electron chi connectivity index (χ4n) is 1.51. The van der Waals surface area contributed by atoms with Crippen molar-refractivity contribution in [2.45, 2.75) is 6.92 Å². The minimum atomic E-state index is 0.705. The fourth-order valence-corrected chi connectivity index (χ4v) is 1.51. The molecule has 1 nitrogen and oxygen atoms in total. The van der Waals surface area contributed by atoms with Crippen LogP contribution < -0.4 is 10.6 Å². The molecule has 0 aliphatic heterocycles. The first-order valence-electron chi connectivity index (χ1n) is 6.12. The van der Waals surface area contributed by atoms with Gasteiger partial charge in [-0.1, -0.05) is 68.3 Å². The maximum atomic E-state index is 4.52. The lowest BCUT2D eigenvalue weighted by Crippen LogP contribution is -2.03. The molecule has 0 saturated heterocycles. The Morgan fingerprint density at radius 1 is 1.11 bits per heavy atom. The van der Waals surface area contributed by atoms with E-state index in [0.29, 0.717) is 5.35 Å². The van der Waals surface area contributed by atoms with E-state index >= 15 is 0 Å². The molecule has 1 heteroatoms. The second-order valence-electron chi connectivity index (χ2n) is 3.97. The van der Waals surface area contributed by atoms with Gasteiger partial charge in [0.05, 0.1) is 11.0 Å². The second kappa shape index (κ2) is 7.83. The molecule has 0 spiro atoms. The largest absolute Gasteiger partial charge is 0.249 e. The first kappa shape index (κ1) is 14.7. The van der Waals surface area contributed by atoms with E-state index in [1.165, 1.54) is 0 Å². The molecule has 0 N–H and O–H groups in total. The van der Waals surface area contributed by atoms with Crippen molar-refractivity contribution in [1.29, 1.82) is 0 Å². The Kier molecular flexibility index (Phi) is 6.04. The third kappa shape index (κ3) is 5.17. The molecule has 19 heavy (non-hydrogen) atoms. The van der Waals surface area contributed by atoms with Crippen LogP contribution >= 0.6 is 0 Å². The molecule has 0 fully saturated rings. The van der Waals surface area contributed by atoms with Crippen LogP contribution in [0.1, 0.15) is 12.6 Å². The van der Waals surface area contributed by atoms with Crippen LogP contribution in [0.15, 0.2) is 67.3 Å². The number of nitrogens with zero attached hydrogens (tertiary/aromatic N) is 1. The Morgan fingerprint density at radius 2 is 1.84 bits per heavy atom. The average molecular weight is 249 g/mol. The van der Waals surface area contributed by atoms with Crippen LogP contribution in [0.3, 0.4) is 0 Å². The number of rotatable bonds is 3. The van der Waals surface area contributed by atoms with E-state index in [1.54, 1.807) is 6.08 Å². The summed E-state index contributed by atoms with van der Waals surface area (Å²) in [5, 5.41) is 1.62. The summed E-state index contributed by atoms with van der Waals surface area (Å²) in [6.07, 6.45) is 7.63. The summed E-state index contributed by atoms with van der Waals surface area (Å²) in [5.74, 6) is 0. The summed E-state index contributed by atoms with van der Waals surface area (Å²) in [4.78, 5) is 4.52. The van der Waals surface area contributed by atoms with E-state index in [4.69, 9.17) is 0 Å². The van der Waals surface area contributed by atoms with Gasteiger partial charge in [-0.15, -0.1) is 0 Å². The van der Waals surface area contributed by atoms with E-state index in [-0.39, 0.29) is 0 Å². The Labute approximate surface area is 115 Å². The predicted octanol–water partition coefficient (Wildman–Crippen LogP) is 3.17. The zero-order valence-electron chi connectivity index (χ0n) is 11.3. The molecule has 0 unspecified atom stereocenters. The van der Waals surface area contributed by atoms with Crippen molar-refractivity contribution in [3.05, 3.63) is 83.5 Å². The molecule has 0 radical (unpaired) electrons. The SMILES string of the molecule is C=C/C=C(\C=C/C)c1ccc(=C)ccccc(=C)n1. The van der Waals surface area contributed by atoms with Gasteiger partial charge in [0.2, 0.25) is 0 Å². The summed E-state index contributed by atoms with van der Waals surface area (Å²) in [7, 11) is 0. The van der Waals surface area contributed by atoms with Gasteiger partial charge in [0.25, 0.3) is 0 Å². The molecule has 0 bridgehead atoms. The Balaban J connectivity index is 3.61. The molecular formula is C18H19N. The number of aromatic nitrogens is 1. The monoisotopic (exact) mass is 249 g/mol. The third-order valence-corrected chi connectivity index (χ3v) is 2.37. The van der Waals surface area contributed by atoms with Crippen LogP contribution in [-0.4, -0.2) is 4.98 Å². The van der Waals surface area contributed by atoms with Gasteiger partial charge >= 0.3 is 0 Å². The highest BCUT2D eigenvalue weighted by Gasteiger charge is 1.95. The topological polar surface area (TPSA) is 12.9 Å². The standard InChI is InChI=1S/C18H19N/c1-5-9-17(10-6-2)18-14-13-15(3)11-7-8-12-16(4)19-18/h5-14H,1,3-4H2,2H3/b10-6-,11-7?,12-8?,14-13?,17-9+,19-18?. The van der Waals surface area contributed by atoms with Crippen LogP contribution in [0.25, 0.3) is 18.7 Å². The van der Waals surface area contributed by atoms with Gasteiger partial charge in [0.15, 0.2) is 0 Å². The zero-order chi connectivity index (χ0) is 14.1. The molecule has 0 aliphatic rings. The molecule has 0 amide bonds. The van der Waals surface area contributed by atoms with Gasteiger partial charge in [-0.25, -0.2) is 4.98 Å². The Bertz CT molecular complexity index is 650. The minimum absolute atomic E-state index is 0.705. The summed E-state index contributed by atoms with van der Waals surface area (Å²) in [6, 6.07) is 11.5. The highest BCUT2D eigenvalue weighted by atomic mass is 14.7. The van der Waals surface area contributed by atoms with Crippen LogP contribution in [0.4, 0.5) is 0 Å². The second-order valence-corrected chi connectivity index (χ2v) is 3.97. The van der Waals surface area contributed by atoms with Crippen molar-refractivity contribution in [3.8, 4) is 0 Å². The molecule has 0 saturated carbocycles. The molecule has 0 aliphatic carbocycles. The Morgan fingerprint density at radius 3 is 2.53 bits per heavy atom. The molecule has 1 rings (SSSR count). The van der Waals surface area contributed by atoms with Gasteiger partial charge < -0.3 is 0 Å². The molecule has 0 atom stereocenters. The van der Waals surface area contributed by atoms with Crippen LogP contribution in [0.5, 0.6) is 0 Å². The summed E-state index contributed by atoms with van der Waals surface area (Å²) in [5.41, 5.74) is 1.82.